The predicted octanol–water partition coefficient (Wildman–Crippen LogP) is -3.96. The van der Waals surface area contributed by atoms with Crippen molar-refractivity contribution < 1.29 is 54.7 Å². The first-order valence-electron chi connectivity index (χ1n) is 8.55. The first-order valence-corrected chi connectivity index (χ1v) is 8.55. The molecule has 2 aliphatic heterocycles. The van der Waals surface area contributed by atoms with E-state index in [1.54, 1.807) is 0 Å². The molecule has 2 rings (SSSR count). The van der Waals surface area contributed by atoms with Gasteiger partial charge in [-0.25, -0.2) is 0 Å². The van der Waals surface area contributed by atoms with Crippen LogP contribution in [0.5, 0.6) is 0 Å². The van der Waals surface area contributed by atoms with Crippen molar-refractivity contribution in [1.29, 1.82) is 0 Å². The summed E-state index contributed by atoms with van der Waals surface area (Å²) in [6, 6.07) is 0. The van der Waals surface area contributed by atoms with Crippen molar-refractivity contribution in [2.75, 3.05) is 19.8 Å². The lowest BCUT2D eigenvalue weighted by Crippen LogP contribution is -2.64. The van der Waals surface area contributed by atoms with E-state index < -0.39 is 74.6 Å². The van der Waals surface area contributed by atoms with Crippen LogP contribution in [0.1, 0.15) is 13.3 Å². The van der Waals surface area contributed by atoms with Crippen LogP contribution in [0.2, 0.25) is 0 Å². The van der Waals surface area contributed by atoms with Gasteiger partial charge in [-0.1, -0.05) is 6.92 Å². The molecule has 0 aromatic rings. The van der Waals surface area contributed by atoms with E-state index >= 15 is 0 Å². The fraction of sp³-hybridized carbons (Fsp3) is 1.00. The van der Waals surface area contributed by atoms with Crippen LogP contribution in [0.3, 0.4) is 0 Å². The van der Waals surface area contributed by atoms with Crippen molar-refractivity contribution in [3.8, 4) is 0 Å². The SMILES string of the molecule is CCCO[C@@H]1OC(CO)[C@@H](O[C@@H]2OC(CO)[C@H](O)[C@H](O)C2O)[C@H](O)C1O. The van der Waals surface area contributed by atoms with Crippen molar-refractivity contribution in [3.05, 3.63) is 0 Å². The maximum atomic E-state index is 10.3. The molecule has 11 heteroatoms. The Bertz CT molecular complexity index is 420. The second-order valence-electron chi connectivity index (χ2n) is 6.38. The van der Waals surface area contributed by atoms with Crippen LogP contribution >= 0.6 is 0 Å². The molecule has 2 heterocycles. The van der Waals surface area contributed by atoms with E-state index in [0.717, 1.165) is 0 Å². The van der Waals surface area contributed by atoms with Gasteiger partial charge >= 0.3 is 0 Å². The molecule has 7 N–H and O–H groups in total. The van der Waals surface area contributed by atoms with Gasteiger partial charge in [0, 0.05) is 6.61 Å². The van der Waals surface area contributed by atoms with Gasteiger partial charge in [0.25, 0.3) is 0 Å². The first-order chi connectivity index (χ1) is 12.3. The summed E-state index contributed by atoms with van der Waals surface area (Å²) in [4.78, 5) is 0. The molecular weight excluding hydrogens is 356 g/mol. The number of hydrogen-bond donors (Lipinski definition) is 7. The fourth-order valence-corrected chi connectivity index (χ4v) is 2.93. The molecule has 2 saturated heterocycles. The molecule has 0 bridgehead atoms. The molecule has 0 amide bonds. The van der Waals surface area contributed by atoms with Crippen LogP contribution < -0.4 is 0 Å². The maximum absolute atomic E-state index is 10.3. The van der Waals surface area contributed by atoms with Gasteiger partial charge in [0.05, 0.1) is 13.2 Å². The predicted molar refractivity (Wildman–Crippen MR) is 82.6 cm³/mol. The third-order valence-corrected chi connectivity index (χ3v) is 4.45. The second-order valence-corrected chi connectivity index (χ2v) is 6.38. The average molecular weight is 384 g/mol. The van der Waals surface area contributed by atoms with Crippen molar-refractivity contribution >= 4 is 0 Å². The van der Waals surface area contributed by atoms with E-state index in [4.69, 9.17) is 18.9 Å². The second kappa shape index (κ2) is 9.66. The third kappa shape index (κ3) is 4.51. The van der Waals surface area contributed by atoms with Crippen molar-refractivity contribution in [2.45, 2.75) is 74.8 Å². The van der Waals surface area contributed by atoms with E-state index in [0.29, 0.717) is 6.42 Å². The standard InChI is InChI=1S/C15H28O11/c1-2-3-23-14-12(22)10(20)13(7(5-17)25-14)26-15-11(21)9(19)8(18)6(4-16)24-15/h6-22H,2-5H2,1H3/t6?,7?,8-,9-,10+,11?,12?,13+,14+,15-/m0/s1. The highest BCUT2D eigenvalue weighted by atomic mass is 16.7. The molecule has 11 nitrogen and oxygen atoms in total. The highest BCUT2D eigenvalue weighted by Crippen LogP contribution is 2.29. The van der Waals surface area contributed by atoms with Gasteiger partial charge in [0.1, 0.15) is 48.8 Å². The Morgan fingerprint density at radius 1 is 0.731 bits per heavy atom. The quantitative estimate of drug-likeness (QED) is 0.228. The van der Waals surface area contributed by atoms with Gasteiger partial charge in [-0.05, 0) is 6.42 Å². The minimum Gasteiger partial charge on any atom is -0.394 e. The van der Waals surface area contributed by atoms with Crippen LogP contribution in [0.25, 0.3) is 0 Å². The van der Waals surface area contributed by atoms with Crippen molar-refractivity contribution in [2.24, 2.45) is 0 Å². The van der Waals surface area contributed by atoms with Gasteiger partial charge in [-0.15, -0.1) is 0 Å². The Morgan fingerprint density at radius 3 is 1.88 bits per heavy atom. The lowest BCUT2D eigenvalue weighted by molar-refractivity contribution is -0.359. The third-order valence-electron chi connectivity index (χ3n) is 4.45. The Balaban J connectivity index is 2.09. The van der Waals surface area contributed by atoms with E-state index in [9.17, 15) is 35.7 Å². The minimum absolute atomic E-state index is 0.269. The van der Waals surface area contributed by atoms with Crippen LogP contribution in [0.15, 0.2) is 0 Å². The average Bonchev–Trinajstić information content (AvgIpc) is 2.64. The lowest BCUT2D eigenvalue weighted by Gasteiger charge is -2.45. The van der Waals surface area contributed by atoms with Crippen LogP contribution in [0, 0.1) is 0 Å². The van der Waals surface area contributed by atoms with E-state index in [-0.39, 0.29) is 6.61 Å². The van der Waals surface area contributed by atoms with Gasteiger partial charge in [-0.3, -0.25) is 0 Å². The van der Waals surface area contributed by atoms with Crippen molar-refractivity contribution in [3.63, 3.8) is 0 Å². The summed E-state index contributed by atoms with van der Waals surface area (Å²) < 4.78 is 21.3. The molecule has 2 fully saturated rings. The monoisotopic (exact) mass is 384 g/mol. The van der Waals surface area contributed by atoms with Gasteiger partial charge in [0.15, 0.2) is 12.6 Å². The molecule has 0 saturated carbocycles. The van der Waals surface area contributed by atoms with Crippen molar-refractivity contribution in [1.82, 2.24) is 0 Å². The van der Waals surface area contributed by atoms with E-state index in [1.165, 1.54) is 0 Å². The highest BCUT2D eigenvalue weighted by molar-refractivity contribution is 4.94. The fourth-order valence-electron chi connectivity index (χ4n) is 2.93. The summed E-state index contributed by atoms with van der Waals surface area (Å²) in [6.45, 7) is 0.885. The Hall–Kier alpha value is -0.440. The Labute approximate surface area is 150 Å². The molecule has 26 heavy (non-hydrogen) atoms. The number of aliphatic hydroxyl groups excluding tert-OH is 7. The maximum Gasteiger partial charge on any atom is 0.187 e. The lowest BCUT2D eigenvalue weighted by atomic mass is 9.97. The summed E-state index contributed by atoms with van der Waals surface area (Å²) in [7, 11) is 0. The summed E-state index contributed by atoms with van der Waals surface area (Å²) >= 11 is 0. The van der Waals surface area contributed by atoms with E-state index in [2.05, 4.69) is 0 Å². The van der Waals surface area contributed by atoms with Gasteiger partial charge in [0.2, 0.25) is 0 Å². The Morgan fingerprint density at radius 2 is 1.31 bits per heavy atom. The van der Waals surface area contributed by atoms with Crippen LogP contribution in [-0.4, -0.2) is 117 Å². The largest absolute Gasteiger partial charge is 0.394 e. The molecule has 0 aliphatic carbocycles. The smallest absolute Gasteiger partial charge is 0.187 e. The summed E-state index contributed by atoms with van der Waals surface area (Å²) in [5, 5.41) is 68.7. The highest BCUT2D eigenvalue weighted by Gasteiger charge is 2.50. The topological polar surface area (TPSA) is 179 Å². The molecule has 2 aliphatic rings. The molecule has 0 aromatic heterocycles. The summed E-state index contributed by atoms with van der Waals surface area (Å²) in [5.41, 5.74) is 0. The zero-order chi connectivity index (χ0) is 19.4. The molecular formula is C15H28O11. The van der Waals surface area contributed by atoms with Crippen LogP contribution in [-0.2, 0) is 18.9 Å². The molecule has 0 aromatic carbocycles. The van der Waals surface area contributed by atoms with E-state index in [1.807, 2.05) is 6.92 Å². The number of ether oxygens (including phenoxy) is 4. The number of hydrogen-bond acceptors (Lipinski definition) is 11. The summed E-state index contributed by atoms with van der Waals surface area (Å²) in [6.07, 6.45) is -13.6. The number of aliphatic hydroxyl groups is 7. The minimum atomic E-state index is -1.69. The zero-order valence-electron chi connectivity index (χ0n) is 14.4. The molecule has 0 radical (unpaired) electrons. The van der Waals surface area contributed by atoms with Gasteiger partial charge < -0.3 is 54.7 Å². The van der Waals surface area contributed by atoms with Crippen LogP contribution in [0.4, 0.5) is 0 Å². The molecule has 0 spiro atoms. The normalized spacial score (nSPS) is 47.1. The van der Waals surface area contributed by atoms with Gasteiger partial charge in [-0.2, -0.15) is 0 Å². The first kappa shape index (κ1) is 21.9. The summed E-state index contributed by atoms with van der Waals surface area (Å²) in [5.74, 6) is 0. The molecule has 154 valence electrons. The molecule has 4 unspecified atom stereocenters. The molecule has 10 atom stereocenters. The number of rotatable bonds is 7. The zero-order valence-corrected chi connectivity index (χ0v) is 14.4. The Kier molecular flexibility index (Phi) is 8.12.